The van der Waals surface area contributed by atoms with Crippen LogP contribution >= 0.6 is 15.9 Å². The van der Waals surface area contributed by atoms with Gasteiger partial charge in [-0.1, -0.05) is 22.0 Å². The molecule has 0 fully saturated rings. The Labute approximate surface area is 120 Å². The van der Waals surface area contributed by atoms with Crippen molar-refractivity contribution in [3.63, 3.8) is 0 Å². The third kappa shape index (κ3) is 4.24. The molecule has 0 aliphatic rings. The minimum atomic E-state index is -0.233. The molecule has 0 aliphatic carbocycles. The van der Waals surface area contributed by atoms with Crippen LogP contribution in [0.1, 0.15) is 5.56 Å². The van der Waals surface area contributed by atoms with Gasteiger partial charge in [0.25, 0.3) is 0 Å². The highest BCUT2D eigenvalue weighted by Gasteiger charge is 2.01. The lowest BCUT2D eigenvalue weighted by Gasteiger charge is -2.09. The highest BCUT2D eigenvalue weighted by molar-refractivity contribution is 9.10. The second-order valence-electron chi connectivity index (χ2n) is 4.21. The number of ether oxygens (including phenoxy) is 1. The molecule has 0 radical (unpaired) electrons. The first-order valence-electron chi connectivity index (χ1n) is 6.03. The normalized spacial score (nSPS) is 10.3. The Balaban J connectivity index is 1.79. The van der Waals surface area contributed by atoms with Crippen LogP contribution in [0.15, 0.2) is 46.9 Å². The maximum absolute atomic E-state index is 13.5. The molecule has 0 amide bonds. The number of benzene rings is 2. The van der Waals surface area contributed by atoms with Gasteiger partial charge in [0, 0.05) is 11.0 Å². The van der Waals surface area contributed by atoms with Crippen molar-refractivity contribution >= 4 is 21.6 Å². The number of hydrogen-bond donors (Lipinski definition) is 1. The van der Waals surface area contributed by atoms with Crippen LogP contribution in [-0.2, 0) is 0 Å². The average Bonchev–Trinajstić information content (AvgIpc) is 2.39. The summed E-state index contributed by atoms with van der Waals surface area (Å²) < 4.78 is 20.1. The highest BCUT2D eigenvalue weighted by Crippen LogP contribution is 2.17. The van der Waals surface area contributed by atoms with Crippen molar-refractivity contribution in [1.82, 2.24) is 0 Å². The molecule has 0 unspecified atom stereocenters. The third-order valence-corrected chi connectivity index (χ3v) is 3.15. The van der Waals surface area contributed by atoms with Crippen LogP contribution in [-0.4, -0.2) is 13.2 Å². The molecule has 0 aliphatic heterocycles. The molecule has 0 aromatic heterocycles. The Hall–Kier alpha value is -1.55. The van der Waals surface area contributed by atoms with Crippen LogP contribution in [0.2, 0.25) is 0 Å². The van der Waals surface area contributed by atoms with Crippen molar-refractivity contribution in [2.75, 3.05) is 18.5 Å². The minimum Gasteiger partial charge on any atom is -0.492 e. The van der Waals surface area contributed by atoms with E-state index in [1.165, 1.54) is 6.07 Å². The summed E-state index contributed by atoms with van der Waals surface area (Å²) in [6.45, 7) is 2.90. The van der Waals surface area contributed by atoms with Gasteiger partial charge in [-0.15, -0.1) is 0 Å². The summed E-state index contributed by atoms with van der Waals surface area (Å²) >= 11 is 3.36. The van der Waals surface area contributed by atoms with Gasteiger partial charge >= 0.3 is 0 Å². The SMILES string of the molecule is Cc1ccc(NCCOc2ccc(Br)cc2)c(F)c1. The van der Waals surface area contributed by atoms with Crippen LogP contribution in [0.5, 0.6) is 5.75 Å². The van der Waals surface area contributed by atoms with Gasteiger partial charge in [-0.2, -0.15) is 0 Å². The maximum Gasteiger partial charge on any atom is 0.146 e. The van der Waals surface area contributed by atoms with Crippen LogP contribution in [0, 0.1) is 12.7 Å². The smallest absolute Gasteiger partial charge is 0.146 e. The van der Waals surface area contributed by atoms with E-state index in [-0.39, 0.29) is 5.82 Å². The molecule has 100 valence electrons. The molecule has 0 bridgehead atoms. The van der Waals surface area contributed by atoms with Gasteiger partial charge < -0.3 is 10.1 Å². The number of aryl methyl sites for hydroxylation is 1. The zero-order valence-corrected chi connectivity index (χ0v) is 12.2. The Morgan fingerprint density at radius 1 is 1.16 bits per heavy atom. The summed E-state index contributed by atoms with van der Waals surface area (Å²) in [5.74, 6) is 0.568. The monoisotopic (exact) mass is 323 g/mol. The number of halogens is 2. The number of anilines is 1. The zero-order chi connectivity index (χ0) is 13.7. The van der Waals surface area contributed by atoms with Gasteiger partial charge in [0.15, 0.2) is 0 Å². The van der Waals surface area contributed by atoms with Crippen LogP contribution in [0.3, 0.4) is 0 Å². The molecular formula is C15H15BrFNO. The summed E-state index contributed by atoms with van der Waals surface area (Å²) in [7, 11) is 0. The summed E-state index contributed by atoms with van der Waals surface area (Å²) in [6.07, 6.45) is 0. The number of nitrogens with one attached hydrogen (secondary N) is 1. The molecule has 2 rings (SSSR count). The van der Waals surface area contributed by atoms with Crippen LogP contribution < -0.4 is 10.1 Å². The van der Waals surface area contributed by atoms with Crippen molar-refractivity contribution in [2.45, 2.75) is 6.92 Å². The Bertz CT molecular complexity index is 542. The Morgan fingerprint density at radius 2 is 1.89 bits per heavy atom. The van der Waals surface area contributed by atoms with E-state index < -0.39 is 0 Å². The fourth-order valence-electron chi connectivity index (χ4n) is 1.65. The van der Waals surface area contributed by atoms with Crippen molar-refractivity contribution in [2.24, 2.45) is 0 Å². The molecule has 0 saturated heterocycles. The minimum absolute atomic E-state index is 0.233. The molecule has 0 heterocycles. The Kier molecular flexibility index (Phi) is 4.80. The molecule has 0 saturated carbocycles. The maximum atomic E-state index is 13.5. The lowest BCUT2D eigenvalue weighted by atomic mass is 10.2. The summed E-state index contributed by atoms with van der Waals surface area (Å²) in [5, 5.41) is 3.01. The summed E-state index contributed by atoms with van der Waals surface area (Å²) in [4.78, 5) is 0. The molecule has 0 atom stereocenters. The van der Waals surface area contributed by atoms with Gasteiger partial charge in [0.1, 0.15) is 18.2 Å². The van der Waals surface area contributed by atoms with E-state index in [2.05, 4.69) is 21.2 Å². The number of hydrogen-bond acceptors (Lipinski definition) is 2. The van der Waals surface area contributed by atoms with Gasteiger partial charge in [-0.25, -0.2) is 4.39 Å². The van der Waals surface area contributed by atoms with Crippen molar-refractivity contribution in [1.29, 1.82) is 0 Å². The van der Waals surface area contributed by atoms with Crippen LogP contribution in [0.25, 0.3) is 0 Å². The van der Waals surface area contributed by atoms with E-state index in [0.717, 1.165) is 15.8 Å². The van der Waals surface area contributed by atoms with Crippen molar-refractivity contribution in [3.8, 4) is 5.75 Å². The molecule has 2 nitrogen and oxygen atoms in total. The van der Waals surface area contributed by atoms with Crippen LogP contribution in [0.4, 0.5) is 10.1 Å². The molecule has 19 heavy (non-hydrogen) atoms. The predicted octanol–water partition coefficient (Wildman–Crippen LogP) is 4.39. The van der Waals surface area contributed by atoms with E-state index >= 15 is 0 Å². The first-order chi connectivity index (χ1) is 9.15. The molecule has 0 spiro atoms. The highest BCUT2D eigenvalue weighted by atomic mass is 79.9. The largest absolute Gasteiger partial charge is 0.492 e. The van der Waals surface area contributed by atoms with Crippen molar-refractivity contribution < 1.29 is 9.13 Å². The van der Waals surface area contributed by atoms with E-state index in [1.807, 2.05) is 37.3 Å². The molecule has 4 heteroatoms. The standard InChI is InChI=1S/C15H15BrFNO/c1-11-2-7-15(14(17)10-11)18-8-9-19-13-5-3-12(16)4-6-13/h2-7,10,18H,8-9H2,1H3. The summed E-state index contributed by atoms with van der Waals surface area (Å²) in [5.41, 5.74) is 1.42. The van der Waals surface area contributed by atoms with Gasteiger partial charge in [-0.05, 0) is 48.9 Å². The average molecular weight is 324 g/mol. The van der Waals surface area contributed by atoms with E-state index in [9.17, 15) is 4.39 Å². The van der Waals surface area contributed by atoms with Gasteiger partial charge in [0.05, 0.1) is 5.69 Å². The summed E-state index contributed by atoms with van der Waals surface area (Å²) in [6, 6.07) is 12.7. The molecular weight excluding hydrogens is 309 g/mol. The lowest BCUT2D eigenvalue weighted by molar-refractivity contribution is 0.332. The van der Waals surface area contributed by atoms with Gasteiger partial charge in [0.2, 0.25) is 0 Å². The quantitative estimate of drug-likeness (QED) is 0.824. The van der Waals surface area contributed by atoms with E-state index in [1.54, 1.807) is 6.07 Å². The predicted molar refractivity (Wildman–Crippen MR) is 79.3 cm³/mol. The third-order valence-electron chi connectivity index (χ3n) is 2.62. The first-order valence-corrected chi connectivity index (χ1v) is 6.83. The second-order valence-corrected chi connectivity index (χ2v) is 5.13. The van der Waals surface area contributed by atoms with E-state index in [0.29, 0.717) is 18.8 Å². The molecule has 2 aromatic carbocycles. The topological polar surface area (TPSA) is 21.3 Å². The first kappa shape index (κ1) is 13.9. The zero-order valence-electron chi connectivity index (χ0n) is 10.6. The van der Waals surface area contributed by atoms with Crippen molar-refractivity contribution in [3.05, 3.63) is 58.3 Å². The fraction of sp³-hybridized carbons (Fsp3) is 0.200. The van der Waals surface area contributed by atoms with E-state index in [4.69, 9.17) is 4.74 Å². The second kappa shape index (κ2) is 6.57. The molecule has 1 N–H and O–H groups in total. The molecule has 2 aromatic rings. The van der Waals surface area contributed by atoms with Gasteiger partial charge in [-0.3, -0.25) is 0 Å². The fourth-order valence-corrected chi connectivity index (χ4v) is 1.91. The number of rotatable bonds is 5. The lowest BCUT2D eigenvalue weighted by Crippen LogP contribution is -2.12. The Morgan fingerprint density at radius 3 is 2.58 bits per heavy atom.